The lowest BCUT2D eigenvalue weighted by atomic mass is 9.79. The summed E-state index contributed by atoms with van der Waals surface area (Å²) in [5, 5.41) is 0.712. The summed E-state index contributed by atoms with van der Waals surface area (Å²) in [6.07, 6.45) is 4.04. The maximum absolute atomic E-state index is 7.07. The van der Waals surface area contributed by atoms with E-state index in [1.165, 1.54) is 5.56 Å². The molecule has 29 heavy (non-hydrogen) atoms. The standard InChI is InChI=1S/C26H28ClNO/c1-19-11-13-21(14-12-19)26(20-7-3-2-4-8-20,24-9-5-6-10-25(24)27)29-23-17-15-22(28)16-18-23/h2-14,22-23H,15-18,28H2,1H3. The molecule has 150 valence electrons. The van der Waals surface area contributed by atoms with E-state index in [1.54, 1.807) is 0 Å². The minimum atomic E-state index is -0.764. The molecular formula is C26H28ClNO. The molecule has 3 aromatic carbocycles. The van der Waals surface area contributed by atoms with Gasteiger partial charge in [-0.05, 0) is 49.8 Å². The smallest absolute Gasteiger partial charge is 0.145 e. The van der Waals surface area contributed by atoms with Gasteiger partial charge in [0.25, 0.3) is 0 Å². The second kappa shape index (κ2) is 8.71. The Labute approximate surface area is 178 Å². The molecular weight excluding hydrogens is 378 g/mol. The predicted octanol–water partition coefficient (Wildman–Crippen LogP) is 6.23. The number of halogens is 1. The van der Waals surface area contributed by atoms with Crippen molar-refractivity contribution >= 4 is 11.6 Å². The van der Waals surface area contributed by atoms with E-state index >= 15 is 0 Å². The summed E-state index contributed by atoms with van der Waals surface area (Å²) in [5.41, 5.74) is 9.78. The number of aryl methyl sites for hydroxylation is 1. The number of benzene rings is 3. The van der Waals surface area contributed by atoms with Gasteiger partial charge in [-0.15, -0.1) is 0 Å². The van der Waals surface area contributed by atoms with E-state index in [2.05, 4.69) is 61.5 Å². The largest absolute Gasteiger partial charge is 0.358 e. The van der Waals surface area contributed by atoms with Gasteiger partial charge in [0.1, 0.15) is 5.60 Å². The number of hydrogen-bond donors (Lipinski definition) is 1. The Balaban J connectivity index is 1.92. The number of ether oxygens (including phenoxy) is 1. The van der Waals surface area contributed by atoms with Crippen LogP contribution in [0, 0.1) is 6.92 Å². The number of nitrogens with two attached hydrogens (primary N) is 1. The van der Waals surface area contributed by atoms with Gasteiger partial charge >= 0.3 is 0 Å². The van der Waals surface area contributed by atoms with Crippen molar-refractivity contribution in [2.24, 2.45) is 5.73 Å². The lowest BCUT2D eigenvalue weighted by Gasteiger charge is -2.41. The quantitative estimate of drug-likeness (QED) is 0.511. The van der Waals surface area contributed by atoms with Gasteiger partial charge in [0.15, 0.2) is 0 Å². The van der Waals surface area contributed by atoms with Crippen LogP contribution in [0.3, 0.4) is 0 Å². The first-order valence-corrected chi connectivity index (χ1v) is 10.8. The van der Waals surface area contributed by atoms with Gasteiger partial charge in [0.2, 0.25) is 0 Å². The van der Waals surface area contributed by atoms with E-state index in [9.17, 15) is 0 Å². The molecule has 4 rings (SSSR count). The molecule has 2 nitrogen and oxygen atoms in total. The van der Waals surface area contributed by atoms with E-state index in [-0.39, 0.29) is 12.1 Å². The van der Waals surface area contributed by atoms with Crippen LogP contribution in [-0.4, -0.2) is 12.1 Å². The van der Waals surface area contributed by atoms with Crippen molar-refractivity contribution in [3.05, 3.63) is 106 Å². The van der Waals surface area contributed by atoms with Gasteiger partial charge in [-0.2, -0.15) is 0 Å². The van der Waals surface area contributed by atoms with Crippen molar-refractivity contribution in [2.45, 2.75) is 50.4 Å². The number of hydrogen-bond acceptors (Lipinski definition) is 2. The Morgan fingerprint density at radius 3 is 2.03 bits per heavy atom. The van der Waals surface area contributed by atoms with Crippen molar-refractivity contribution < 1.29 is 4.74 Å². The maximum Gasteiger partial charge on any atom is 0.145 e. The lowest BCUT2D eigenvalue weighted by molar-refractivity contribution is -0.0640. The van der Waals surface area contributed by atoms with Crippen LogP contribution in [0.15, 0.2) is 78.9 Å². The van der Waals surface area contributed by atoms with Crippen molar-refractivity contribution in [1.29, 1.82) is 0 Å². The van der Waals surface area contributed by atoms with Gasteiger partial charge in [-0.1, -0.05) is 90.0 Å². The molecule has 1 unspecified atom stereocenters. The zero-order valence-corrected chi connectivity index (χ0v) is 17.6. The summed E-state index contributed by atoms with van der Waals surface area (Å²) in [5.74, 6) is 0. The minimum absolute atomic E-state index is 0.132. The highest BCUT2D eigenvalue weighted by atomic mass is 35.5. The fourth-order valence-electron chi connectivity index (χ4n) is 4.34. The molecule has 0 bridgehead atoms. The summed E-state index contributed by atoms with van der Waals surface area (Å²) in [6, 6.07) is 27.4. The van der Waals surface area contributed by atoms with E-state index in [1.807, 2.05) is 24.3 Å². The van der Waals surface area contributed by atoms with Crippen molar-refractivity contribution in [3.63, 3.8) is 0 Å². The van der Waals surface area contributed by atoms with Crippen molar-refractivity contribution in [2.75, 3.05) is 0 Å². The molecule has 0 amide bonds. The second-order valence-electron chi connectivity index (χ2n) is 8.05. The Kier molecular flexibility index (Phi) is 6.05. The molecule has 3 heteroatoms. The molecule has 0 radical (unpaired) electrons. The monoisotopic (exact) mass is 405 g/mol. The normalized spacial score (nSPS) is 21.5. The lowest BCUT2D eigenvalue weighted by Crippen LogP contribution is -2.40. The first-order valence-electron chi connectivity index (χ1n) is 10.4. The molecule has 1 aliphatic carbocycles. The molecule has 0 heterocycles. The van der Waals surface area contributed by atoms with Crippen LogP contribution in [0.4, 0.5) is 0 Å². The Morgan fingerprint density at radius 2 is 1.38 bits per heavy atom. The molecule has 1 atom stereocenters. The molecule has 1 aliphatic rings. The molecule has 0 spiro atoms. The fraction of sp³-hybridized carbons (Fsp3) is 0.308. The Hall–Kier alpha value is -2.13. The highest BCUT2D eigenvalue weighted by Crippen LogP contribution is 2.45. The van der Waals surface area contributed by atoms with Crippen LogP contribution in [0.5, 0.6) is 0 Å². The maximum atomic E-state index is 7.07. The van der Waals surface area contributed by atoms with E-state index in [0.29, 0.717) is 5.02 Å². The van der Waals surface area contributed by atoms with Gasteiger partial charge < -0.3 is 10.5 Å². The average molecular weight is 406 g/mol. The van der Waals surface area contributed by atoms with Crippen LogP contribution >= 0.6 is 11.6 Å². The highest BCUT2D eigenvalue weighted by molar-refractivity contribution is 6.31. The van der Waals surface area contributed by atoms with Crippen LogP contribution in [0.1, 0.15) is 47.9 Å². The summed E-state index contributed by atoms with van der Waals surface area (Å²) in [7, 11) is 0. The first-order chi connectivity index (χ1) is 14.1. The molecule has 1 saturated carbocycles. The molecule has 0 aliphatic heterocycles. The zero-order valence-electron chi connectivity index (χ0n) is 16.9. The van der Waals surface area contributed by atoms with E-state index in [4.69, 9.17) is 22.1 Å². The van der Waals surface area contributed by atoms with Gasteiger partial charge in [0.05, 0.1) is 6.10 Å². The summed E-state index contributed by atoms with van der Waals surface area (Å²) in [4.78, 5) is 0. The van der Waals surface area contributed by atoms with Crippen LogP contribution < -0.4 is 5.73 Å². The summed E-state index contributed by atoms with van der Waals surface area (Å²) in [6.45, 7) is 2.10. The SMILES string of the molecule is Cc1ccc(C(OC2CCC(N)CC2)(c2ccccc2)c2ccccc2Cl)cc1. The van der Waals surface area contributed by atoms with Gasteiger partial charge in [-0.3, -0.25) is 0 Å². The summed E-state index contributed by atoms with van der Waals surface area (Å²) < 4.78 is 7.07. The van der Waals surface area contributed by atoms with Crippen LogP contribution in [-0.2, 0) is 10.3 Å². The highest BCUT2D eigenvalue weighted by Gasteiger charge is 2.41. The first kappa shape index (κ1) is 20.2. The van der Waals surface area contributed by atoms with Crippen LogP contribution in [0.25, 0.3) is 0 Å². The van der Waals surface area contributed by atoms with Gasteiger partial charge in [-0.25, -0.2) is 0 Å². The molecule has 2 N–H and O–H groups in total. The molecule has 1 fully saturated rings. The number of rotatable bonds is 5. The Morgan fingerprint density at radius 1 is 0.793 bits per heavy atom. The third-order valence-corrected chi connectivity index (χ3v) is 6.28. The van der Waals surface area contributed by atoms with Gasteiger partial charge in [0, 0.05) is 16.6 Å². The predicted molar refractivity (Wildman–Crippen MR) is 120 cm³/mol. The molecule has 0 aromatic heterocycles. The molecule has 0 saturated heterocycles. The Bertz CT molecular complexity index is 932. The van der Waals surface area contributed by atoms with E-state index in [0.717, 1.165) is 42.4 Å². The third kappa shape index (κ3) is 4.11. The van der Waals surface area contributed by atoms with E-state index < -0.39 is 5.60 Å². The summed E-state index contributed by atoms with van der Waals surface area (Å²) >= 11 is 6.78. The fourth-order valence-corrected chi connectivity index (χ4v) is 4.61. The third-order valence-electron chi connectivity index (χ3n) is 5.95. The average Bonchev–Trinajstić information content (AvgIpc) is 2.75. The zero-order chi connectivity index (χ0) is 20.3. The topological polar surface area (TPSA) is 35.2 Å². The molecule has 3 aromatic rings. The van der Waals surface area contributed by atoms with Crippen molar-refractivity contribution in [1.82, 2.24) is 0 Å². The minimum Gasteiger partial charge on any atom is -0.358 e. The van der Waals surface area contributed by atoms with Crippen LogP contribution in [0.2, 0.25) is 5.02 Å². The van der Waals surface area contributed by atoms with Crippen molar-refractivity contribution in [3.8, 4) is 0 Å². The second-order valence-corrected chi connectivity index (χ2v) is 8.45.